The Balaban J connectivity index is 3.27. The zero-order valence-electron chi connectivity index (χ0n) is 10.4. The average molecular weight is 272 g/mol. The quantitative estimate of drug-likeness (QED) is 0.832. The van der Waals surface area contributed by atoms with Crippen molar-refractivity contribution in [1.82, 2.24) is 5.32 Å². The number of nitrogens with two attached hydrogens (primary N) is 1. The van der Waals surface area contributed by atoms with Crippen LogP contribution < -0.4 is 15.2 Å². The van der Waals surface area contributed by atoms with Gasteiger partial charge in [-0.2, -0.15) is 0 Å². The van der Waals surface area contributed by atoms with E-state index in [1.165, 1.54) is 25.3 Å². The molecule has 0 heterocycles. The molecule has 0 atom stereocenters. The summed E-state index contributed by atoms with van der Waals surface area (Å²) in [6.07, 6.45) is 0. The van der Waals surface area contributed by atoms with Crippen molar-refractivity contribution in [2.24, 2.45) is 5.14 Å². The van der Waals surface area contributed by atoms with Gasteiger partial charge in [-0.05, 0) is 32.0 Å². The lowest BCUT2D eigenvalue weighted by Gasteiger charge is -2.12. The Morgan fingerprint density at radius 2 is 2.00 bits per heavy atom. The number of carbonyl (C=O) groups excluding carboxylic acids is 1. The smallest absolute Gasteiger partial charge is 0.255 e. The number of hydrogen-bond acceptors (Lipinski definition) is 4. The highest BCUT2D eigenvalue weighted by molar-refractivity contribution is 7.89. The highest BCUT2D eigenvalue weighted by Gasteiger charge is 2.17. The van der Waals surface area contributed by atoms with Gasteiger partial charge in [0.2, 0.25) is 10.0 Å². The maximum Gasteiger partial charge on any atom is 0.255 e. The normalized spacial score (nSPS) is 11.4. The zero-order valence-corrected chi connectivity index (χ0v) is 11.2. The molecule has 1 aromatic rings. The Kier molecular flexibility index (Phi) is 4.31. The SMILES string of the molecule is COc1ccc(S(N)(=O)=O)cc1C(=O)NC(C)C. The van der Waals surface area contributed by atoms with Crippen LogP contribution in [-0.2, 0) is 10.0 Å². The van der Waals surface area contributed by atoms with Gasteiger partial charge >= 0.3 is 0 Å². The van der Waals surface area contributed by atoms with E-state index in [2.05, 4.69) is 5.32 Å². The van der Waals surface area contributed by atoms with Crippen LogP contribution in [0.1, 0.15) is 24.2 Å². The molecule has 1 aromatic carbocycles. The van der Waals surface area contributed by atoms with Crippen LogP contribution in [0.5, 0.6) is 5.75 Å². The van der Waals surface area contributed by atoms with Crippen molar-refractivity contribution in [1.29, 1.82) is 0 Å². The highest BCUT2D eigenvalue weighted by atomic mass is 32.2. The number of benzene rings is 1. The van der Waals surface area contributed by atoms with Crippen molar-refractivity contribution in [2.75, 3.05) is 7.11 Å². The molecule has 0 spiro atoms. The first kappa shape index (κ1) is 14.5. The Hall–Kier alpha value is -1.60. The van der Waals surface area contributed by atoms with Gasteiger partial charge in [0, 0.05) is 6.04 Å². The minimum atomic E-state index is -3.85. The fraction of sp³-hybridized carbons (Fsp3) is 0.364. The summed E-state index contributed by atoms with van der Waals surface area (Å²) in [5.41, 5.74) is 0.137. The number of methoxy groups -OCH3 is 1. The molecular weight excluding hydrogens is 256 g/mol. The number of amides is 1. The molecule has 0 aromatic heterocycles. The minimum absolute atomic E-state index is 0.0691. The Morgan fingerprint density at radius 1 is 1.39 bits per heavy atom. The van der Waals surface area contributed by atoms with Crippen molar-refractivity contribution < 1.29 is 17.9 Å². The van der Waals surface area contributed by atoms with Gasteiger partial charge in [-0.3, -0.25) is 4.79 Å². The molecule has 0 aliphatic heterocycles. The number of ether oxygens (including phenoxy) is 1. The highest BCUT2D eigenvalue weighted by Crippen LogP contribution is 2.21. The second-order valence-corrected chi connectivity index (χ2v) is 5.60. The molecule has 0 aliphatic rings. The lowest BCUT2D eigenvalue weighted by Crippen LogP contribution is -2.30. The van der Waals surface area contributed by atoms with E-state index in [0.717, 1.165) is 0 Å². The number of rotatable bonds is 4. The van der Waals surface area contributed by atoms with Crippen molar-refractivity contribution in [3.05, 3.63) is 23.8 Å². The van der Waals surface area contributed by atoms with Crippen LogP contribution in [-0.4, -0.2) is 27.5 Å². The molecule has 0 radical (unpaired) electrons. The molecule has 3 N–H and O–H groups in total. The average Bonchev–Trinajstić information content (AvgIpc) is 2.26. The van der Waals surface area contributed by atoms with Crippen LogP contribution in [0.25, 0.3) is 0 Å². The molecule has 6 nitrogen and oxygen atoms in total. The molecule has 7 heteroatoms. The zero-order chi connectivity index (χ0) is 13.9. The molecule has 0 aliphatic carbocycles. The summed E-state index contributed by atoms with van der Waals surface area (Å²) in [6.45, 7) is 3.60. The molecular formula is C11H16N2O4S. The molecule has 0 bridgehead atoms. The van der Waals surface area contributed by atoms with Crippen LogP contribution >= 0.6 is 0 Å². The Labute approximate surface area is 106 Å². The molecule has 1 amide bonds. The van der Waals surface area contributed by atoms with E-state index in [1.54, 1.807) is 13.8 Å². The number of primary sulfonamides is 1. The predicted octanol–water partition coefficient (Wildman–Crippen LogP) is 0.481. The lowest BCUT2D eigenvalue weighted by molar-refractivity contribution is 0.0940. The van der Waals surface area contributed by atoms with Gasteiger partial charge in [0.25, 0.3) is 5.91 Å². The van der Waals surface area contributed by atoms with Crippen LogP contribution in [0, 0.1) is 0 Å². The number of nitrogens with one attached hydrogen (secondary N) is 1. The summed E-state index contributed by atoms with van der Waals surface area (Å²) in [7, 11) is -2.45. The van der Waals surface area contributed by atoms with Crippen molar-refractivity contribution in [3.63, 3.8) is 0 Å². The second kappa shape index (κ2) is 5.36. The predicted molar refractivity (Wildman–Crippen MR) is 67.0 cm³/mol. The molecule has 100 valence electrons. The maximum absolute atomic E-state index is 11.9. The van der Waals surface area contributed by atoms with Gasteiger partial charge in [-0.15, -0.1) is 0 Å². The summed E-state index contributed by atoms with van der Waals surface area (Å²) in [5, 5.41) is 7.68. The molecule has 0 unspecified atom stereocenters. The van der Waals surface area contributed by atoms with E-state index in [1.807, 2.05) is 0 Å². The third-order valence-corrected chi connectivity index (χ3v) is 3.07. The number of hydrogen-bond donors (Lipinski definition) is 2. The van der Waals surface area contributed by atoms with Gasteiger partial charge in [0.05, 0.1) is 17.6 Å². The summed E-state index contributed by atoms with van der Waals surface area (Å²) in [6, 6.07) is 3.82. The van der Waals surface area contributed by atoms with Gasteiger partial charge in [-0.1, -0.05) is 0 Å². The first-order chi connectivity index (χ1) is 8.25. The van der Waals surface area contributed by atoms with Crippen molar-refractivity contribution in [2.45, 2.75) is 24.8 Å². The molecule has 0 fully saturated rings. The van der Waals surface area contributed by atoms with Gasteiger partial charge in [0.15, 0.2) is 0 Å². The fourth-order valence-electron chi connectivity index (χ4n) is 1.38. The standard InChI is InChI=1S/C11H16N2O4S/c1-7(2)13-11(14)9-6-8(18(12,15)16)4-5-10(9)17-3/h4-7H,1-3H3,(H,13,14)(H2,12,15,16). The second-order valence-electron chi connectivity index (χ2n) is 4.04. The number of carbonyl (C=O) groups is 1. The topological polar surface area (TPSA) is 98.5 Å². The summed E-state index contributed by atoms with van der Waals surface area (Å²) >= 11 is 0. The Morgan fingerprint density at radius 3 is 2.44 bits per heavy atom. The van der Waals surface area contributed by atoms with E-state index >= 15 is 0 Å². The molecule has 18 heavy (non-hydrogen) atoms. The van der Waals surface area contributed by atoms with Crippen LogP contribution in [0.15, 0.2) is 23.1 Å². The first-order valence-corrected chi connectivity index (χ1v) is 6.82. The van der Waals surface area contributed by atoms with Gasteiger partial charge in [-0.25, -0.2) is 13.6 Å². The third kappa shape index (κ3) is 3.44. The van der Waals surface area contributed by atoms with Crippen LogP contribution in [0.3, 0.4) is 0 Å². The molecule has 1 rings (SSSR count). The minimum Gasteiger partial charge on any atom is -0.496 e. The van der Waals surface area contributed by atoms with Crippen LogP contribution in [0.2, 0.25) is 0 Å². The van der Waals surface area contributed by atoms with Crippen molar-refractivity contribution in [3.8, 4) is 5.75 Å². The van der Waals surface area contributed by atoms with E-state index in [0.29, 0.717) is 5.75 Å². The summed E-state index contributed by atoms with van der Waals surface area (Å²) in [5.74, 6) is -0.118. The fourth-order valence-corrected chi connectivity index (χ4v) is 1.92. The van der Waals surface area contributed by atoms with E-state index in [9.17, 15) is 13.2 Å². The first-order valence-electron chi connectivity index (χ1n) is 5.27. The molecule has 0 saturated heterocycles. The van der Waals surface area contributed by atoms with E-state index < -0.39 is 15.9 Å². The largest absolute Gasteiger partial charge is 0.496 e. The summed E-state index contributed by atoms with van der Waals surface area (Å²) < 4.78 is 27.5. The van der Waals surface area contributed by atoms with Gasteiger partial charge in [0.1, 0.15) is 5.75 Å². The van der Waals surface area contributed by atoms with E-state index in [-0.39, 0.29) is 16.5 Å². The summed E-state index contributed by atoms with van der Waals surface area (Å²) in [4.78, 5) is 11.8. The van der Waals surface area contributed by atoms with Crippen molar-refractivity contribution >= 4 is 15.9 Å². The Bertz CT molecular complexity index is 552. The lowest BCUT2D eigenvalue weighted by atomic mass is 10.2. The third-order valence-electron chi connectivity index (χ3n) is 2.16. The maximum atomic E-state index is 11.9. The van der Waals surface area contributed by atoms with Gasteiger partial charge < -0.3 is 10.1 Å². The number of sulfonamides is 1. The van der Waals surface area contributed by atoms with E-state index in [4.69, 9.17) is 9.88 Å². The molecule has 0 saturated carbocycles. The monoisotopic (exact) mass is 272 g/mol. The van der Waals surface area contributed by atoms with Crippen LogP contribution in [0.4, 0.5) is 0 Å².